The van der Waals surface area contributed by atoms with Gasteiger partial charge in [0.25, 0.3) is 0 Å². The van der Waals surface area contributed by atoms with E-state index in [0.29, 0.717) is 6.04 Å². The molecular formula is C12H17N3S. The normalized spacial score (nSPS) is 12.9. The largest absolute Gasteiger partial charge is 0.313 e. The van der Waals surface area contributed by atoms with Crippen LogP contribution in [-0.2, 0) is 13.5 Å². The summed E-state index contributed by atoms with van der Waals surface area (Å²) in [6.07, 6.45) is 3.13. The molecule has 2 aromatic rings. The van der Waals surface area contributed by atoms with Crippen molar-refractivity contribution in [2.75, 3.05) is 7.05 Å². The first-order chi connectivity index (χ1) is 7.70. The van der Waals surface area contributed by atoms with Crippen molar-refractivity contribution < 1.29 is 0 Å². The summed E-state index contributed by atoms with van der Waals surface area (Å²) in [6, 6.07) is 4.64. The number of hydrogen-bond donors (Lipinski definition) is 1. The lowest BCUT2D eigenvalue weighted by Gasteiger charge is -2.14. The molecule has 0 aromatic carbocycles. The highest BCUT2D eigenvalue weighted by molar-refractivity contribution is 7.09. The Bertz CT molecular complexity index is 445. The molecule has 16 heavy (non-hydrogen) atoms. The number of aryl methyl sites for hydroxylation is 2. The molecule has 2 aromatic heterocycles. The van der Waals surface area contributed by atoms with Crippen molar-refractivity contribution in [1.82, 2.24) is 15.1 Å². The Morgan fingerprint density at radius 1 is 1.56 bits per heavy atom. The molecule has 2 heterocycles. The second-order valence-electron chi connectivity index (χ2n) is 3.97. The Hall–Kier alpha value is -1.13. The van der Waals surface area contributed by atoms with E-state index in [0.717, 1.165) is 12.1 Å². The SMILES string of the molecule is CNC(Cc1cccs1)c1cn(C)nc1C. The van der Waals surface area contributed by atoms with Gasteiger partial charge in [0.1, 0.15) is 0 Å². The molecule has 2 rings (SSSR count). The van der Waals surface area contributed by atoms with Gasteiger partial charge < -0.3 is 5.32 Å². The van der Waals surface area contributed by atoms with Crippen LogP contribution in [0, 0.1) is 6.92 Å². The second-order valence-corrected chi connectivity index (χ2v) is 5.00. The molecule has 3 nitrogen and oxygen atoms in total. The van der Waals surface area contributed by atoms with Crippen LogP contribution in [0.4, 0.5) is 0 Å². The number of thiophene rings is 1. The van der Waals surface area contributed by atoms with Crippen LogP contribution in [0.3, 0.4) is 0 Å². The highest BCUT2D eigenvalue weighted by atomic mass is 32.1. The fourth-order valence-corrected chi connectivity index (χ4v) is 2.71. The molecule has 0 bridgehead atoms. The highest BCUT2D eigenvalue weighted by Crippen LogP contribution is 2.22. The van der Waals surface area contributed by atoms with Crippen molar-refractivity contribution in [1.29, 1.82) is 0 Å². The Labute approximate surface area is 100 Å². The van der Waals surface area contributed by atoms with E-state index in [1.165, 1.54) is 10.4 Å². The summed E-state index contributed by atoms with van der Waals surface area (Å²) in [5, 5.41) is 9.88. The number of likely N-dealkylation sites (N-methyl/N-ethyl adjacent to an activating group) is 1. The van der Waals surface area contributed by atoms with Gasteiger partial charge in [-0.3, -0.25) is 4.68 Å². The number of nitrogens with one attached hydrogen (secondary N) is 1. The van der Waals surface area contributed by atoms with Gasteiger partial charge in [0.2, 0.25) is 0 Å². The van der Waals surface area contributed by atoms with Gasteiger partial charge in [-0.25, -0.2) is 0 Å². The van der Waals surface area contributed by atoms with Gasteiger partial charge >= 0.3 is 0 Å². The van der Waals surface area contributed by atoms with E-state index in [2.05, 4.69) is 41.0 Å². The minimum Gasteiger partial charge on any atom is -0.313 e. The minimum atomic E-state index is 0.354. The van der Waals surface area contributed by atoms with Crippen LogP contribution in [0.2, 0.25) is 0 Å². The average molecular weight is 235 g/mol. The summed E-state index contributed by atoms with van der Waals surface area (Å²) in [7, 11) is 3.97. The summed E-state index contributed by atoms with van der Waals surface area (Å²) in [5.41, 5.74) is 2.40. The van der Waals surface area contributed by atoms with E-state index in [-0.39, 0.29) is 0 Å². The predicted molar refractivity (Wildman–Crippen MR) is 67.8 cm³/mol. The molecule has 1 N–H and O–H groups in total. The molecule has 0 radical (unpaired) electrons. The third-order valence-electron chi connectivity index (χ3n) is 2.76. The molecule has 86 valence electrons. The number of aromatic nitrogens is 2. The lowest BCUT2D eigenvalue weighted by Crippen LogP contribution is -2.18. The van der Waals surface area contributed by atoms with E-state index in [4.69, 9.17) is 0 Å². The molecule has 0 fully saturated rings. The van der Waals surface area contributed by atoms with Crippen LogP contribution < -0.4 is 5.32 Å². The van der Waals surface area contributed by atoms with Crippen LogP contribution in [-0.4, -0.2) is 16.8 Å². The van der Waals surface area contributed by atoms with E-state index in [9.17, 15) is 0 Å². The van der Waals surface area contributed by atoms with Gasteiger partial charge in [-0.15, -0.1) is 11.3 Å². The first-order valence-electron chi connectivity index (χ1n) is 5.40. The highest BCUT2D eigenvalue weighted by Gasteiger charge is 2.15. The molecule has 1 unspecified atom stereocenters. The Kier molecular flexibility index (Phi) is 3.41. The maximum atomic E-state index is 4.39. The van der Waals surface area contributed by atoms with Crippen LogP contribution >= 0.6 is 11.3 Å². The molecule has 1 atom stereocenters. The fourth-order valence-electron chi connectivity index (χ4n) is 1.96. The molecule has 0 saturated heterocycles. The van der Waals surface area contributed by atoms with Crippen molar-refractivity contribution in [3.8, 4) is 0 Å². The second kappa shape index (κ2) is 4.80. The topological polar surface area (TPSA) is 29.9 Å². The Morgan fingerprint density at radius 3 is 2.88 bits per heavy atom. The maximum absolute atomic E-state index is 4.39. The molecular weight excluding hydrogens is 218 g/mol. The standard InChI is InChI=1S/C12H17N3S/c1-9-11(8-15(3)14-9)12(13-2)7-10-5-4-6-16-10/h4-6,8,12-13H,7H2,1-3H3. The van der Waals surface area contributed by atoms with Crippen LogP contribution in [0.1, 0.15) is 22.2 Å². The van der Waals surface area contributed by atoms with Crippen LogP contribution in [0.25, 0.3) is 0 Å². The number of hydrogen-bond acceptors (Lipinski definition) is 3. The van der Waals surface area contributed by atoms with Crippen LogP contribution in [0.5, 0.6) is 0 Å². The van der Waals surface area contributed by atoms with E-state index in [1.807, 2.05) is 18.8 Å². The lowest BCUT2D eigenvalue weighted by molar-refractivity contribution is 0.593. The minimum absolute atomic E-state index is 0.354. The average Bonchev–Trinajstić information content (AvgIpc) is 2.85. The fraction of sp³-hybridized carbons (Fsp3) is 0.417. The van der Waals surface area contributed by atoms with Crippen molar-refractivity contribution in [2.45, 2.75) is 19.4 Å². The van der Waals surface area contributed by atoms with Gasteiger partial charge in [0.05, 0.1) is 5.69 Å². The molecule has 0 saturated carbocycles. The monoisotopic (exact) mass is 235 g/mol. The molecule has 0 aliphatic carbocycles. The molecule has 4 heteroatoms. The van der Waals surface area contributed by atoms with Crippen molar-refractivity contribution in [3.63, 3.8) is 0 Å². The first kappa shape index (κ1) is 11.4. The van der Waals surface area contributed by atoms with Gasteiger partial charge in [0.15, 0.2) is 0 Å². The zero-order chi connectivity index (χ0) is 11.5. The van der Waals surface area contributed by atoms with E-state index in [1.54, 1.807) is 11.3 Å². The molecule has 0 aliphatic rings. The molecule has 0 spiro atoms. The lowest BCUT2D eigenvalue weighted by atomic mass is 10.0. The zero-order valence-corrected chi connectivity index (χ0v) is 10.7. The van der Waals surface area contributed by atoms with Gasteiger partial charge in [-0.05, 0) is 25.4 Å². The van der Waals surface area contributed by atoms with Crippen molar-refractivity contribution in [2.24, 2.45) is 7.05 Å². The maximum Gasteiger partial charge on any atom is 0.0641 e. The third-order valence-corrected chi connectivity index (χ3v) is 3.66. The predicted octanol–water partition coefficient (Wildman–Crippen LogP) is 2.29. The summed E-state index contributed by atoms with van der Waals surface area (Å²) < 4.78 is 1.88. The van der Waals surface area contributed by atoms with E-state index >= 15 is 0 Å². The summed E-state index contributed by atoms with van der Waals surface area (Å²) in [4.78, 5) is 1.41. The molecule has 0 amide bonds. The zero-order valence-electron chi connectivity index (χ0n) is 9.90. The number of rotatable bonds is 4. The summed E-state index contributed by atoms with van der Waals surface area (Å²) in [5.74, 6) is 0. The van der Waals surface area contributed by atoms with Crippen molar-refractivity contribution in [3.05, 3.63) is 39.8 Å². The van der Waals surface area contributed by atoms with Gasteiger partial charge in [0, 0.05) is 36.1 Å². The first-order valence-corrected chi connectivity index (χ1v) is 6.28. The Morgan fingerprint density at radius 2 is 2.38 bits per heavy atom. The summed E-state index contributed by atoms with van der Waals surface area (Å²) >= 11 is 1.81. The summed E-state index contributed by atoms with van der Waals surface area (Å²) in [6.45, 7) is 2.06. The van der Waals surface area contributed by atoms with Crippen LogP contribution in [0.15, 0.2) is 23.7 Å². The van der Waals surface area contributed by atoms with Gasteiger partial charge in [-0.2, -0.15) is 5.10 Å². The van der Waals surface area contributed by atoms with Crippen molar-refractivity contribution >= 4 is 11.3 Å². The molecule has 0 aliphatic heterocycles. The smallest absolute Gasteiger partial charge is 0.0641 e. The third kappa shape index (κ3) is 2.33. The van der Waals surface area contributed by atoms with E-state index < -0.39 is 0 Å². The number of nitrogens with zero attached hydrogens (tertiary/aromatic N) is 2. The van der Waals surface area contributed by atoms with Gasteiger partial charge in [-0.1, -0.05) is 6.07 Å². The quantitative estimate of drug-likeness (QED) is 0.881. The Balaban J connectivity index is 2.19.